The molecular weight excluding hydrogens is 322 g/mol. The Morgan fingerprint density at radius 2 is 1.58 bits per heavy atom. The summed E-state index contributed by atoms with van der Waals surface area (Å²) in [5, 5.41) is 0. The highest BCUT2D eigenvalue weighted by Crippen LogP contribution is 2.29. The Labute approximate surface area is 157 Å². The minimum atomic E-state index is -0.0387. The molecule has 1 heterocycles. The van der Waals surface area contributed by atoms with E-state index >= 15 is 0 Å². The van der Waals surface area contributed by atoms with Crippen molar-refractivity contribution in [3.63, 3.8) is 0 Å². The number of ether oxygens (including phenoxy) is 1. The summed E-state index contributed by atoms with van der Waals surface area (Å²) in [6, 6.07) is 21.6. The van der Waals surface area contributed by atoms with Crippen LogP contribution in [-0.2, 0) is 9.53 Å². The molecule has 0 saturated carbocycles. The van der Waals surface area contributed by atoms with E-state index in [2.05, 4.69) is 74.8 Å². The summed E-state index contributed by atoms with van der Waals surface area (Å²) in [4.78, 5) is 11.3. The quantitative estimate of drug-likeness (QED) is 0.520. The number of hydrogen-bond acceptors (Lipinski definition) is 2. The zero-order valence-electron chi connectivity index (χ0n) is 15.9. The monoisotopic (exact) mass is 352 g/mol. The average molecular weight is 352 g/mol. The fourth-order valence-electron chi connectivity index (χ4n) is 3.97. The van der Waals surface area contributed by atoms with Crippen LogP contribution in [0.25, 0.3) is 0 Å². The van der Waals surface area contributed by atoms with Crippen LogP contribution in [0.2, 0.25) is 0 Å². The molecule has 1 fully saturated rings. The van der Waals surface area contributed by atoms with Crippen LogP contribution in [0.15, 0.2) is 60.7 Å². The Morgan fingerprint density at radius 3 is 2.08 bits per heavy atom. The van der Waals surface area contributed by atoms with Gasteiger partial charge in [0.15, 0.2) is 6.10 Å². The van der Waals surface area contributed by atoms with Crippen molar-refractivity contribution in [3.8, 4) is 0 Å². The molecule has 2 aromatic rings. The fourth-order valence-corrected chi connectivity index (χ4v) is 3.97. The summed E-state index contributed by atoms with van der Waals surface area (Å²) in [6.45, 7) is 2.00. The second-order valence-electron chi connectivity index (χ2n) is 8.01. The summed E-state index contributed by atoms with van der Waals surface area (Å²) in [5.41, 5.74) is 2.77. The van der Waals surface area contributed by atoms with Gasteiger partial charge in [0.2, 0.25) is 0 Å². The van der Waals surface area contributed by atoms with E-state index in [1.165, 1.54) is 11.1 Å². The molecule has 26 heavy (non-hydrogen) atoms. The van der Waals surface area contributed by atoms with E-state index in [0.717, 1.165) is 36.8 Å². The van der Waals surface area contributed by atoms with E-state index in [1.807, 2.05) is 0 Å². The van der Waals surface area contributed by atoms with Gasteiger partial charge in [0, 0.05) is 18.8 Å². The van der Waals surface area contributed by atoms with E-state index in [0.29, 0.717) is 12.3 Å². The van der Waals surface area contributed by atoms with Gasteiger partial charge in [-0.1, -0.05) is 60.7 Å². The van der Waals surface area contributed by atoms with Crippen molar-refractivity contribution in [3.05, 3.63) is 71.8 Å². The normalized spacial score (nSPS) is 17.5. The molecule has 0 unspecified atom stereocenters. The highest BCUT2D eigenvalue weighted by Gasteiger charge is 2.30. The van der Waals surface area contributed by atoms with Crippen molar-refractivity contribution in [1.82, 2.24) is 0 Å². The van der Waals surface area contributed by atoms with Gasteiger partial charge in [-0.2, -0.15) is 0 Å². The number of esters is 1. The van der Waals surface area contributed by atoms with Crippen LogP contribution in [0.5, 0.6) is 0 Å². The standard InChI is InChI=1S/C23H30NO2/c1-24(2,18-21-15-16-23(25)26-21)17-9-14-22(19-10-5-3-6-11-19)20-12-7-4-8-13-20/h3-8,10-13,21-22H,9,14-18H2,1-2H3/q+1/t21-/m1/s1. The lowest BCUT2D eigenvalue weighted by atomic mass is 9.87. The smallest absolute Gasteiger partial charge is 0.306 e. The molecule has 3 heteroatoms. The third kappa shape index (κ3) is 5.18. The summed E-state index contributed by atoms with van der Waals surface area (Å²) in [6.07, 6.45) is 3.81. The zero-order valence-corrected chi connectivity index (χ0v) is 15.9. The summed E-state index contributed by atoms with van der Waals surface area (Å²) >= 11 is 0. The number of benzene rings is 2. The third-order valence-corrected chi connectivity index (χ3v) is 5.33. The zero-order chi connectivity index (χ0) is 18.4. The van der Waals surface area contributed by atoms with Crippen LogP contribution >= 0.6 is 0 Å². The highest BCUT2D eigenvalue weighted by atomic mass is 16.5. The maximum atomic E-state index is 11.3. The van der Waals surface area contributed by atoms with Gasteiger partial charge in [0.1, 0.15) is 6.54 Å². The first-order valence-electron chi connectivity index (χ1n) is 9.65. The number of carbonyl (C=O) groups is 1. The number of carbonyl (C=O) groups excluding carboxylic acids is 1. The number of hydrogen-bond donors (Lipinski definition) is 0. The van der Waals surface area contributed by atoms with Crippen LogP contribution in [0.3, 0.4) is 0 Å². The van der Waals surface area contributed by atoms with E-state index in [4.69, 9.17) is 4.74 Å². The number of likely N-dealkylation sites (N-methyl/N-ethyl adjacent to an activating group) is 1. The summed E-state index contributed by atoms with van der Waals surface area (Å²) < 4.78 is 6.31. The average Bonchev–Trinajstić information content (AvgIpc) is 3.04. The van der Waals surface area contributed by atoms with Crippen molar-refractivity contribution >= 4 is 5.97 Å². The number of rotatable bonds is 8. The maximum Gasteiger partial charge on any atom is 0.306 e. The highest BCUT2D eigenvalue weighted by molar-refractivity contribution is 5.71. The summed E-state index contributed by atoms with van der Waals surface area (Å²) in [5.74, 6) is 0.393. The molecule has 1 aliphatic heterocycles. The van der Waals surface area contributed by atoms with Gasteiger partial charge in [-0.05, 0) is 24.0 Å². The molecular formula is C23H30NO2+. The molecule has 1 saturated heterocycles. The summed E-state index contributed by atoms with van der Waals surface area (Å²) in [7, 11) is 4.48. The maximum absolute atomic E-state index is 11.3. The number of cyclic esters (lactones) is 1. The predicted molar refractivity (Wildman–Crippen MR) is 105 cm³/mol. The molecule has 3 rings (SSSR count). The lowest BCUT2D eigenvalue weighted by molar-refractivity contribution is -0.893. The second-order valence-corrected chi connectivity index (χ2v) is 8.01. The Kier molecular flexibility index (Phi) is 6.10. The molecule has 0 amide bonds. The number of nitrogens with zero attached hydrogens (tertiary/aromatic N) is 1. The van der Waals surface area contributed by atoms with E-state index in [-0.39, 0.29) is 12.1 Å². The number of quaternary nitrogens is 1. The van der Waals surface area contributed by atoms with Crippen LogP contribution in [0.1, 0.15) is 42.7 Å². The first kappa shape index (κ1) is 18.7. The van der Waals surface area contributed by atoms with E-state index < -0.39 is 0 Å². The Morgan fingerprint density at radius 1 is 1.00 bits per heavy atom. The largest absolute Gasteiger partial charge is 0.456 e. The molecule has 0 N–H and O–H groups in total. The van der Waals surface area contributed by atoms with Crippen molar-refractivity contribution in [1.29, 1.82) is 0 Å². The van der Waals surface area contributed by atoms with Gasteiger partial charge in [-0.15, -0.1) is 0 Å². The minimum absolute atomic E-state index is 0.0387. The molecule has 1 atom stereocenters. The van der Waals surface area contributed by atoms with Gasteiger partial charge in [0.05, 0.1) is 20.6 Å². The van der Waals surface area contributed by atoms with Crippen LogP contribution in [0.4, 0.5) is 0 Å². The van der Waals surface area contributed by atoms with Gasteiger partial charge in [-0.25, -0.2) is 0 Å². The molecule has 3 nitrogen and oxygen atoms in total. The van der Waals surface area contributed by atoms with Crippen LogP contribution < -0.4 is 0 Å². The van der Waals surface area contributed by atoms with E-state index in [9.17, 15) is 4.79 Å². The Balaban J connectivity index is 1.60. The van der Waals surface area contributed by atoms with Crippen LogP contribution in [0, 0.1) is 0 Å². The molecule has 138 valence electrons. The van der Waals surface area contributed by atoms with Crippen molar-refractivity contribution in [2.75, 3.05) is 27.2 Å². The predicted octanol–water partition coefficient (Wildman–Crippen LogP) is 4.38. The van der Waals surface area contributed by atoms with Gasteiger partial charge < -0.3 is 9.22 Å². The van der Waals surface area contributed by atoms with Crippen LogP contribution in [-0.4, -0.2) is 43.7 Å². The first-order valence-corrected chi connectivity index (χ1v) is 9.65. The molecule has 0 bridgehead atoms. The molecule has 0 radical (unpaired) electrons. The minimum Gasteiger partial charge on any atom is -0.456 e. The first-order chi connectivity index (χ1) is 12.5. The SMILES string of the molecule is C[N+](C)(CCCC(c1ccccc1)c1ccccc1)C[C@H]1CCC(=O)O1. The topological polar surface area (TPSA) is 26.3 Å². The molecule has 0 aromatic heterocycles. The third-order valence-electron chi connectivity index (χ3n) is 5.33. The van der Waals surface area contributed by atoms with Gasteiger partial charge in [0.25, 0.3) is 0 Å². The molecule has 0 spiro atoms. The second kappa shape index (κ2) is 8.50. The van der Waals surface area contributed by atoms with Crippen molar-refractivity contribution in [2.24, 2.45) is 0 Å². The molecule has 2 aromatic carbocycles. The lowest BCUT2D eigenvalue weighted by Crippen LogP contribution is -2.46. The molecule has 0 aliphatic carbocycles. The lowest BCUT2D eigenvalue weighted by Gasteiger charge is -2.32. The Hall–Kier alpha value is -2.13. The van der Waals surface area contributed by atoms with Gasteiger partial charge in [-0.3, -0.25) is 4.79 Å². The van der Waals surface area contributed by atoms with Crippen molar-refractivity contribution in [2.45, 2.75) is 37.7 Å². The molecule has 1 aliphatic rings. The van der Waals surface area contributed by atoms with E-state index in [1.54, 1.807) is 0 Å². The Bertz CT molecular complexity index is 657. The fraction of sp³-hybridized carbons (Fsp3) is 0.435. The van der Waals surface area contributed by atoms with Crippen molar-refractivity contribution < 1.29 is 14.0 Å². The van der Waals surface area contributed by atoms with Gasteiger partial charge >= 0.3 is 5.97 Å².